The normalized spacial score (nSPS) is 15.8. The van der Waals surface area contributed by atoms with E-state index in [1.54, 1.807) is 0 Å². The van der Waals surface area contributed by atoms with Crippen molar-refractivity contribution in [3.8, 4) is 28.6 Å². The molecule has 2 N–H and O–H groups in total. The quantitative estimate of drug-likeness (QED) is 0.403. The summed E-state index contributed by atoms with van der Waals surface area (Å²) in [6.45, 7) is 0.672. The number of hydrogen-bond donors (Lipinski definition) is 2. The summed E-state index contributed by atoms with van der Waals surface area (Å²) in [5.41, 5.74) is -0.749. The van der Waals surface area contributed by atoms with E-state index in [1.165, 1.54) is 28.8 Å². The second kappa shape index (κ2) is 8.73. The first-order valence-electron chi connectivity index (χ1n) is 10.9. The number of phenols is 1. The van der Waals surface area contributed by atoms with Gasteiger partial charge in [-0.15, -0.1) is 0 Å². The molecule has 0 bridgehead atoms. The number of alkyl halides is 3. The highest BCUT2D eigenvalue weighted by Gasteiger charge is 2.32. The Balaban J connectivity index is 1.82. The smallest absolute Gasteiger partial charge is 0.433 e. The molecule has 1 fully saturated rings. The highest BCUT2D eigenvalue weighted by Crippen LogP contribution is 2.33. The third-order valence-corrected chi connectivity index (χ3v) is 6.05. The molecule has 2 aromatic heterocycles. The van der Waals surface area contributed by atoms with Crippen LogP contribution in [-0.2, 0) is 6.18 Å². The van der Waals surface area contributed by atoms with Gasteiger partial charge in [0.1, 0.15) is 11.5 Å². The molecule has 1 aliphatic heterocycles. The first-order chi connectivity index (χ1) is 17.2. The van der Waals surface area contributed by atoms with Crippen molar-refractivity contribution in [2.24, 2.45) is 0 Å². The topological polar surface area (TPSA) is 104 Å². The molecule has 0 radical (unpaired) electrons. The average Bonchev–Trinajstić information content (AvgIpc) is 3.40. The van der Waals surface area contributed by atoms with E-state index in [2.05, 4.69) is 10.3 Å². The predicted molar refractivity (Wildman–Crippen MR) is 122 cm³/mol. The molecule has 11 heteroatoms. The molecular weight excluding hydrogens is 478 g/mol. The Morgan fingerprint density at radius 2 is 1.97 bits per heavy atom. The number of aromatic hydroxyl groups is 1. The summed E-state index contributed by atoms with van der Waals surface area (Å²) in [5, 5.41) is 22.4. The molecule has 0 spiro atoms. The summed E-state index contributed by atoms with van der Waals surface area (Å²) in [6.07, 6.45) is -2.14. The van der Waals surface area contributed by atoms with Crippen LogP contribution in [0.15, 0.2) is 53.5 Å². The molecule has 36 heavy (non-hydrogen) atoms. The number of nitriles is 1. The third kappa shape index (κ3) is 4.05. The number of fused-ring (bicyclic) bond motifs is 1. The minimum absolute atomic E-state index is 0.0270. The van der Waals surface area contributed by atoms with Crippen molar-refractivity contribution in [1.29, 1.82) is 5.26 Å². The van der Waals surface area contributed by atoms with Crippen LogP contribution in [0.1, 0.15) is 36.0 Å². The van der Waals surface area contributed by atoms with E-state index in [-0.39, 0.29) is 45.1 Å². The maximum absolute atomic E-state index is 14.2. The van der Waals surface area contributed by atoms with E-state index in [0.29, 0.717) is 13.0 Å². The van der Waals surface area contributed by atoms with Gasteiger partial charge in [-0.25, -0.2) is 9.37 Å². The van der Waals surface area contributed by atoms with Crippen LogP contribution in [0.3, 0.4) is 0 Å². The predicted octanol–water partition coefficient (Wildman–Crippen LogP) is 4.61. The molecule has 4 aromatic rings. The van der Waals surface area contributed by atoms with Crippen molar-refractivity contribution in [3.63, 3.8) is 0 Å². The van der Waals surface area contributed by atoms with Crippen molar-refractivity contribution >= 4 is 10.9 Å². The zero-order valence-electron chi connectivity index (χ0n) is 18.5. The maximum Gasteiger partial charge on any atom is 0.433 e. The molecule has 2 aromatic carbocycles. The Kier molecular flexibility index (Phi) is 5.68. The summed E-state index contributed by atoms with van der Waals surface area (Å²) in [6, 6.07) is 9.92. The number of rotatable bonds is 3. The summed E-state index contributed by atoms with van der Waals surface area (Å²) >= 11 is 0. The molecule has 3 heterocycles. The largest absolute Gasteiger partial charge is 0.505 e. The van der Waals surface area contributed by atoms with Crippen LogP contribution in [0.25, 0.3) is 27.7 Å². The molecule has 0 aliphatic carbocycles. The van der Waals surface area contributed by atoms with Crippen molar-refractivity contribution in [2.75, 3.05) is 6.54 Å². The summed E-state index contributed by atoms with van der Waals surface area (Å²) in [5.74, 6) is -1.22. The van der Waals surface area contributed by atoms with Gasteiger partial charge in [0.25, 0.3) is 5.56 Å². The fourth-order valence-corrected chi connectivity index (χ4v) is 4.34. The van der Waals surface area contributed by atoms with E-state index < -0.39 is 29.0 Å². The molecule has 1 unspecified atom stereocenters. The lowest BCUT2D eigenvalue weighted by molar-refractivity contribution is -0.141. The number of pyridine rings is 1. The Morgan fingerprint density at radius 1 is 1.17 bits per heavy atom. The average molecular weight is 495 g/mol. The fraction of sp³-hybridized carbons (Fsp3) is 0.200. The van der Waals surface area contributed by atoms with E-state index in [9.17, 15) is 32.7 Å². The summed E-state index contributed by atoms with van der Waals surface area (Å²) in [7, 11) is 0. The van der Waals surface area contributed by atoms with E-state index in [0.717, 1.165) is 30.8 Å². The number of halogens is 4. The van der Waals surface area contributed by atoms with Crippen LogP contribution >= 0.6 is 0 Å². The van der Waals surface area contributed by atoms with Crippen LogP contribution in [0.4, 0.5) is 17.6 Å². The third-order valence-electron chi connectivity index (χ3n) is 6.05. The Hall–Kier alpha value is -4.30. The van der Waals surface area contributed by atoms with Gasteiger partial charge in [-0.3, -0.25) is 14.3 Å². The number of nitrogens with one attached hydrogen (secondary N) is 1. The summed E-state index contributed by atoms with van der Waals surface area (Å²) in [4.78, 5) is 22.0. The van der Waals surface area contributed by atoms with Gasteiger partial charge in [0.2, 0.25) is 0 Å². The maximum atomic E-state index is 14.2. The fourth-order valence-electron chi connectivity index (χ4n) is 4.34. The van der Waals surface area contributed by atoms with Gasteiger partial charge in [0, 0.05) is 23.4 Å². The summed E-state index contributed by atoms with van der Waals surface area (Å²) < 4.78 is 54.5. The van der Waals surface area contributed by atoms with Gasteiger partial charge in [0.05, 0.1) is 34.3 Å². The first kappa shape index (κ1) is 23.4. The van der Waals surface area contributed by atoms with Crippen LogP contribution in [0.5, 0.6) is 5.75 Å². The lowest BCUT2D eigenvalue weighted by Gasteiger charge is -2.19. The van der Waals surface area contributed by atoms with Crippen LogP contribution < -0.4 is 10.9 Å². The minimum atomic E-state index is -4.62. The SMILES string of the molecule is N#Cc1cc(-c2ccc(C(F)(F)F)nc2)c2nc(C3CCCN3)n(-c3ccc(O)c(F)c3)c(=O)c2c1. The lowest BCUT2D eigenvalue weighted by atomic mass is 10.00. The zero-order chi connectivity index (χ0) is 25.6. The van der Waals surface area contributed by atoms with Gasteiger partial charge in [-0.05, 0) is 49.7 Å². The molecule has 0 saturated carbocycles. The molecule has 7 nitrogen and oxygen atoms in total. The Morgan fingerprint density at radius 3 is 2.58 bits per heavy atom. The van der Waals surface area contributed by atoms with Gasteiger partial charge < -0.3 is 10.4 Å². The van der Waals surface area contributed by atoms with Crippen molar-refractivity contribution in [1.82, 2.24) is 19.9 Å². The number of nitrogens with zero attached hydrogens (tertiary/aromatic N) is 4. The minimum Gasteiger partial charge on any atom is -0.505 e. The molecular formula is C25H17F4N5O2. The van der Waals surface area contributed by atoms with Gasteiger partial charge in [0.15, 0.2) is 11.6 Å². The van der Waals surface area contributed by atoms with Crippen LogP contribution in [0.2, 0.25) is 0 Å². The van der Waals surface area contributed by atoms with E-state index in [4.69, 9.17) is 4.98 Å². The monoisotopic (exact) mass is 495 g/mol. The highest BCUT2D eigenvalue weighted by atomic mass is 19.4. The highest BCUT2D eigenvalue weighted by molar-refractivity contribution is 5.94. The van der Waals surface area contributed by atoms with Gasteiger partial charge >= 0.3 is 6.18 Å². The molecule has 1 atom stereocenters. The van der Waals surface area contributed by atoms with Crippen molar-refractivity contribution in [3.05, 3.63) is 81.9 Å². The molecule has 1 saturated heterocycles. The van der Waals surface area contributed by atoms with Crippen molar-refractivity contribution < 1.29 is 22.7 Å². The number of phenolic OH excluding ortho intramolecular Hbond substituents is 1. The second-order valence-corrected chi connectivity index (χ2v) is 8.36. The van der Waals surface area contributed by atoms with Crippen LogP contribution in [0, 0.1) is 17.1 Å². The van der Waals surface area contributed by atoms with Crippen molar-refractivity contribution in [2.45, 2.75) is 25.1 Å². The second-order valence-electron chi connectivity index (χ2n) is 8.36. The number of hydrogen-bond acceptors (Lipinski definition) is 6. The Bertz CT molecular complexity index is 1580. The Labute approximate surface area is 201 Å². The molecule has 182 valence electrons. The molecule has 1 aliphatic rings. The number of benzene rings is 2. The standard InChI is InChI=1S/C25H17F4N5O2/c26-18-10-15(4-5-20(18)35)34-23(19-2-1-7-31-19)33-22-16(8-13(11-30)9-17(22)24(34)36)14-3-6-21(32-12-14)25(27,28)29/h3-6,8-10,12,19,31,35H,1-2,7H2. The lowest BCUT2D eigenvalue weighted by Crippen LogP contribution is -2.29. The van der Waals surface area contributed by atoms with E-state index in [1.807, 2.05) is 6.07 Å². The first-order valence-corrected chi connectivity index (χ1v) is 10.9. The molecule has 0 amide bonds. The number of aromatic nitrogens is 3. The molecule has 5 rings (SSSR count). The van der Waals surface area contributed by atoms with Crippen LogP contribution in [-0.4, -0.2) is 26.2 Å². The van der Waals surface area contributed by atoms with Gasteiger partial charge in [-0.1, -0.05) is 6.07 Å². The van der Waals surface area contributed by atoms with Gasteiger partial charge in [-0.2, -0.15) is 18.4 Å². The van der Waals surface area contributed by atoms with E-state index >= 15 is 0 Å². The zero-order valence-corrected chi connectivity index (χ0v) is 18.5.